The van der Waals surface area contributed by atoms with E-state index in [0.29, 0.717) is 6.04 Å². The van der Waals surface area contributed by atoms with E-state index >= 15 is 0 Å². The summed E-state index contributed by atoms with van der Waals surface area (Å²) in [5.41, 5.74) is 0. The van der Waals surface area contributed by atoms with Crippen LogP contribution in [0.5, 0.6) is 0 Å². The number of tetrazole rings is 1. The first-order chi connectivity index (χ1) is 11.2. The van der Waals surface area contributed by atoms with Crippen molar-refractivity contribution in [1.29, 1.82) is 0 Å². The van der Waals surface area contributed by atoms with Crippen LogP contribution in [0.25, 0.3) is 0 Å². The monoisotopic (exact) mass is 317 g/mol. The number of aromatic nitrogens is 6. The Bertz CT molecular complexity index is 603. The molecule has 23 heavy (non-hydrogen) atoms. The lowest BCUT2D eigenvalue weighted by atomic mass is 9.97. The van der Waals surface area contributed by atoms with Gasteiger partial charge in [0.05, 0.1) is 0 Å². The second-order valence-electron chi connectivity index (χ2n) is 6.48. The average molecular weight is 317 g/mol. The van der Waals surface area contributed by atoms with Gasteiger partial charge in [0.1, 0.15) is 11.6 Å². The van der Waals surface area contributed by atoms with Gasteiger partial charge in [0.15, 0.2) is 0 Å². The molecule has 1 fully saturated rings. The predicted molar refractivity (Wildman–Crippen MR) is 87.9 cm³/mol. The van der Waals surface area contributed by atoms with Crippen LogP contribution in [0.15, 0.2) is 12.4 Å². The summed E-state index contributed by atoms with van der Waals surface area (Å²) in [5.74, 6) is 2.09. The van der Waals surface area contributed by atoms with E-state index in [1.807, 2.05) is 24.0 Å². The zero-order valence-electron chi connectivity index (χ0n) is 14.2. The van der Waals surface area contributed by atoms with Gasteiger partial charge in [-0.05, 0) is 49.6 Å². The first-order valence-electron chi connectivity index (χ1n) is 8.67. The molecule has 1 aliphatic rings. The molecule has 0 unspecified atom stereocenters. The summed E-state index contributed by atoms with van der Waals surface area (Å²) in [5, 5.41) is 11.7. The van der Waals surface area contributed by atoms with Crippen LogP contribution in [0.1, 0.15) is 43.8 Å². The Kier molecular flexibility index (Phi) is 5.38. The molecule has 3 heterocycles. The van der Waals surface area contributed by atoms with Gasteiger partial charge in [-0.15, -0.1) is 5.10 Å². The van der Waals surface area contributed by atoms with Crippen LogP contribution in [0.2, 0.25) is 0 Å². The number of nitrogens with zero attached hydrogens (tertiary/aromatic N) is 7. The SMILES string of the molecule is Cc1nnnn1CCCN1CCCC[C@H]1CCc1nccn1C. The summed E-state index contributed by atoms with van der Waals surface area (Å²) < 4.78 is 4.03. The van der Waals surface area contributed by atoms with Crippen molar-refractivity contribution >= 4 is 0 Å². The maximum atomic E-state index is 4.45. The molecule has 3 rings (SSSR count). The highest BCUT2D eigenvalue weighted by Crippen LogP contribution is 2.21. The molecule has 126 valence electrons. The Morgan fingerprint density at radius 2 is 2.17 bits per heavy atom. The van der Waals surface area contributed by atoms with Crippen LogP contribution >= 0.6 is 0 Å². The van der Waals surface area contributed by atoms with Gasteiger partial charge in [0, 0.05) is 45.0 Å². The molecule has 0 aromatic carbocycles. The van der Waals surface area contributed by atoms with Gasteiger partial charge in [-0.3, -0.25) is 0 Å². The molecule has 0 radical (unpaired) electrons. The Balaban J connectivity index is 1.48. The molecular formula is C16H27N7. The van der Waals surface area contributed by atoms with Gasteiger partial charge >= 0.3 is 0 Å². The molecule has 2 aromatic rings. The van der Waals surface area contributed by atoms with E-state index in [0.717, 1.165) is 31.8 Å². The quantitative estimate of drug-likeness (QED) is 0.776. The van der Waals surface area contributed by atoms with Gasteiger partial charge < -0.3 is 9.47 Å². The molecule has 1 aliphatic heterocycles. The average Bonchev–Trinajstić information content (AvgIpc) is 3.15. The Morgan fingerprint density at radius 1 is 1.26 bits per heavy atom. The second-order valence-corrected chi connectivity index (χ2v) is 6.48. The van der Waals surface area contributed by atoms with Gasteiger partial charge in [0.2, 0.25) is 0 Å². The lowest BCUT2D eigenvalue weighted by Crippen LogP contribution is -2.40. The predicted octanol–water partition coefficient (Wildman–Crippen LogP) is 1.59. The molecule has 7 heteroatoms. The number of aryl methyl sites for hydroxylation is 4. The largest absolute Gasteiger partial charge is 0.338 e. The van der Waals surface area contributed by atoms with Crippen molar-refractivity contribution in [3.63, 3.8) is 0 Å². The highest BCUT2D eigenvalue weighted by Gasteiger charge is 2.22. The molecule has 0 N–H and O–H groups in total. The third-order valence-corrected chi connectivity index (χ3v) is 4.90. The minimum absolute atomic E-state index is 0.690. The minimum Gasteiger partial charge on any atom is -0.338 e. The fraction of sp³-hybridized carbons (Fsp3) is 0.750. The van der Waals surface area contributed by atoms with Crippen molar-refractivity contribution in [2.45, 2.75) is 58.0 Å². The topological polar surface area (TPSA) is 64.7 Å². The summed E-state index contributed by atoms with van der Waals surface area (Å²) in [4.78, 5) is 7.11. The van der Waals surface area contributed by atoms with Crippen molar-refractivity contribution in [2.24, 2.45) is 7.05 Å². The summed E-state index contributed by atoms with van der Waals surface area (Å²) >= 11 is 0. The molecule has 1 saturated heterocycles. The Hall–Kier alpha value is -1.76. The summed E-state index contributed by atoms with van der Waals surface area (Å²) in [7, 11) is 2.08. The van der Waals surface area contributed by atoms with E-state index in [1.165, 1.54) is 38.1 Å². The third-order valence-electron chi connectivity index (χ3n) is 4.90. The maximum Gasteiger partial charge on any atom is 0.148 e. The minimum atomic E-state index is 0.690. The third kappa shape index (κ3) is 4.16. The lowest BCUT2D eigenvalue weighted by molar-refractivity contribution is 0.135. The van der Waals surface area contributed by atoms with Gasteiger partial charge in [-0.2, -0.15) is 0 Å². The molecule has 0 amide bonds. The Morgan fingerprint density at radius 3 is 2.91 bits per heavy atom. The van der Waals surface area contributed by atoms with Crippen LogP contribution in [0.3, 0.4) is 0 Å². The molecule has 0 bridgehead atoms. The summed E-state index contributed by atoms with van der Waals surface area (Å²) in [6, 6.07) is 0.690. The molecule has 0 aliphatic carbocycles. The van der Waals surface area contributed by atoms with E-state index < -0.39 is 0 Å². The molecule has 0 saturated carbocycles. The van der Waals surface area contributed by atoms with Crippen molar-refractivity contribution < 1.29 is 0 Å². The first kappa shape index (κ1) is 16.1. The fourth-order valence-corrected chi connectivity index (χ4v) is 3.49. The number of hydrogen-bond acceptors (Lipinski definition) is 5. The number of rotatable bonds is 7. The van der Waals surface area contributed by atoms with Gasteiger partial charge in [0.25, 0.3) is 0 Å². The molecule has 0 spiro atoms. The smallest absolute Gasteiger partial charge is 0.148 e. The summed E-state index contributed by atoms with van der Waals surface area (Å²) in [6.07, 6.45) is 11.3. The molecule has 1 atom stereocenters. The van der Waals surface area contributed by atoms with E-state index in [-0.39, 0.29) is 0 Å². The molecule has 2 aromatic heterocycles. The van der Waals surface area contributed by atoms with Crippen LogP contribution in [-0.4, -0.2) is 53.8 Å². The number of piperidine rings is 1. The zero-order valence-corrected chi connectivity index (χ0v) is 14.2. The highest BCUT2D eigenvalue weighted by atomic mass is 15.5. The van der Waals surface area contributed by atoms with Crippen molar-refractivity contribution in [3.05, 3.63) is 24.0 Å². The highest BCUT2D eigenvalue weighted by molar-refractivity contribution is 4.92. The maximum absolute atomic E-state index is 4.45. The zero-order chi connectivity index (χ0) is 16.1. The van der Waals surface area contributed by atoms with Crippen molar-refractivity contribution in [3.8, 4) is 0 Å². The second kappa shape index (κ2) is 7.68. The molecule has 7 nitrogen and oxygen atoms in total. The van der Waals surface area contributed by atoms with E-state index in [9.17, 15) is 0 Å². The van der Waals surface area contributed by atoms with Crippen LogP contribution < -0.4 is 0 Å². The number of imidazole rings is 1. The summed E-state index contributed by atoms with van der Waals surface area (Å²) in [6.45, 7) is 5.21. The van der Waals surface area contributed by atoms with Crippen LogP contribution in [0, 0.1) is 6.92 Å². The number of likely N-dealkylation sites (tertiary alicyclic amines) is 1. The van der Waals surface area contributed by atoms with Gasteiger partial charge in [-0.1, -0.05) is 6.42 Å². The van der Waals surface area contributed by atoms with Crippen LogP contribution in [0.4, 0.5) is 0 Å². The van der Waals surface area contributed by atoms with E-state index in [4.69, 9.17) is 0 Å². The molecular weight excluding hydrogens is 290 g/mol. The van der Waals surface area contributed by atoms with Crippen molar-refractivity contribution in [1.82, 2.24) is 34.7 Å². The van der Waals surface area contributed by atoms with Crippen molar-refractivity contribution in [2.75, 3.05) is 13.1 Å². The normalized spacial score (nSPS) is 19.3. The van der Waals surface area contributed by atoms with E-state index in [2.05, 4.69) is 37.0 Å². The van der Waals surface area contributed by atoms with E-state index in [1.54, 1.807) is 0 Å². The fourth-order valence-electron chi connectivity index (χ4n) is 3.49. The first-order valence-corrected chi connectivity index (χ1v) is 8.67. The van der Waals surface area contributed by atoms with Gasteiger partial charge in [-0.25, -0.2) is 9.67 Å². The lowest BCUT2D eigenvalue weighted by Gasteiger charge is -2.35. The number of hydrogen-bond donors (Lipinski definition) is 0. The standard InChI is InChI=1S/C16H27N7/c1-14-18-19-20-23(14)12-5-11-22-10-4-3-6-15(22)7-8-16-17-9-13-21(16)2/h9,13,15H,3-8,10-12H2,1-2H3/t15-/m0/s1. The van der Waals surface area contributed by atoms with Crippen LogP contribution in [-0.2, 0) is 20.0 Å². The Labute approximate surface area is 137 Å².